The second-order valence-electron chi connectivity index (χ2n) is 6.70. The molecule has 1 aliphatic heterocycles. The van der Waals surface area contributed by atoms with Gasteiger partial charge in [0, 0.05) is 0 Å². The standard InChI is InChI=1S/C22H16F3NOS/c1-12-9-10-13-5-2-3-8-16(13)17(12)20-19(27)18(21(26)28-20)14-6-4-7-15(11-14)22(23,24)25/h2-11,20H,26H2,1H3. The molecule has 1 aliphatic rings. The molecule has 28 heavy (non-hydrogen) atoms. The number of Topliss-reactive ketones (excluding diaryl/α,β-unsaturated/α-hetero) is 1. The highest BCUT2D eigenvalue weighted by Crippen LogP contribution is 2.49. The number of ketones is 1. The Morgan fingerprint density at radius 1 is 1.00 bits per heavy atom. The summed E-state index contributed by atoms with van der Waals surface area (Å²) in [6.45, 7) is 1.92. The Labute approximate surface area is 164 Å². The molecular weight excluding hydrogens is 383 g/mol. The SMILES string of the molecule is Cc1ccc2ccccc2c1C1SC(N)=C(c2cccc(C(F)(F)F)c2)C1=O. The molecule has 2 nitrogen and oxygen atoms in total. The molecule has 3 aromatic rings. The number of hydrogen-bond donors (Lipinski definition) is 1. The van der Waals surface area contributed by atoms with E-state index in [-0.39, 0.29) is 21.9 Å². The molecular formula is C22H16F3NOS. The van der Waals surface area contributed by atoms with Gasteiger partial charge in [0.1, 0.15) is 5.25 Å². The lowest BCUT2D eigenvalue weighted by atomic mass is 9.91. The lowest BCUT2D eigenvalue weighted by Crippen LogP contribution is -2.10. The number of carbonyl (C=O) groups excluding carboxylic acids is 1. The van der Waals surface area contributed by atoms with Crippen molar-refractivity contribution in [3.05, 3.63) is 87.9 Å². The molecule has 0 radical (unpaired) electrons. The van der Waals surface area contributed by atoms with Gasteiger partial charge in [0.2, 0.25) is 0 Å². The zero-order valence-corrected chi connectivity index (χ0v) is 15.7. The molecule has 0 aromatic heterocycles. The van der Waals surface area contributed by atoms with Gasteiger partial charge in [-0.1, -0.05) is 60.3 Å². The number of fused-ring (bicyclic) bond motifs is 1. The van der Waals surface area contributed by atoms with Gasteiger partial charge in [0.25, 0.3) is 0 Å². The highest BCUT2D eigenvalue weighted by molar-refractivity contribution is 8.04. The molecule has 0 saturated carbocycles. The zero-order valence-electron chi connectivity index (χ0n) is 14.9. The number of benzene rings is 3. The fourth-order valence-electron chi connectivity index (χ4n) is 3.57. The van der Waals surface area contributed by atoms with E-state index >= 15 is 0 Å². The van der Waals surface area contributed by atoms with Crippen molar-refractivity contribution in [3.8, 4) is 0 Å². The van der Waals surface area contributed by atoms with Crippen molar-refractivity contribution in [2.45, 2.75) is 18.3 Å². The molecule has 1 atom stereocenters. The number of allylic oxidation sites excluding steroid dienone is 1. The molecule has 4 rings (SSSR count). The molecule has 2 N–H and O–H groups in total. The number of aryl methyl sites for hydroxylation is 1. The third-order valence-electron chi connectivity index (χ3n) is 4.91. The van der Waals surface area contributed by atoms with Crippen LogP contribution in [-0.2, 0) is 11.0 Å². The van der Waals surface area contributed by atoms with E-state index in [9.17, 15) is 18.0 Å². The Morgan fingerprint density at radius 2 is 1.75 bits per heavy atom. The van der Waals surface area contributed by atoms with E-state index in [0.29, 0.717) is 0 Å². The van der Waals surface area contributed by atoms with E-state index in [0.717, 1.165) is 34.0 Å². The highest BCUT2D eigenvalue weighted by atomic mass is 32.2. The number of rotatable bonds is 2. The average Bonchev–Trinajstić information content (AvgIpc) is 2.95. The lowest BCUT2D eigenvalue weighted by molar-refractivity contribution is -0.137. The fourth-order valence-corrected chi connectivity index (χ4v) is 4.82. The summed E-state index contributed by atoms with van der Waals surface area (Å²) in [6, 6.07) is 16.4. The van der Waals surface area contributed by atoms with Crippen LogP contribution in [0.2, 0.25) is 0 Å². The van der Waals surface area contributed by atoms with E-state index in [1.165, 1.54) is 23.9 Å². The van der Waals surface area contributed by atoms with Crippen LogP contribution >= 0.6 is 11.8 Å². The number of hydrogen-bond acceptors (Lipinski definition) is 3. The van der Waals surface area contributed by atoms with Crippen molar-refractivity contribution in [2.75, 3.05) is 0 Å². The first-order valence-corrected chi connectivity index (χ1v) is 9.52. The summed E-state index contributed by atoms with van der Waals surface area (Å²) in [7, 11) is 0. The van der Waals surface area contributed by atoms with Crippen molar-refractivity contribution in [3.63, 3.8) is 0 Å². The molecule has 6 heteroatoms. The van der Waals surface area contributed by atoms with Gasteiger partial charge < -0.3 is 5.73 Å². The molecule has 0 spiro atoms. The second-order valence-corrected chi connectivity index (χ2v) is 7.84. The molecule has 142 valence electrons. The maximum absolute atomic E-state index is 13.2. The molecule has 0 fully saturated rings. The molecule has 0 aliphatic carbocycles. The first-order chi connectivity index (χ1) is 13.3. The van der Waals surface area contributed by atoms with Crippen LogP contribution in [0.3, 0.4) is 0 Å². The lowest BCUT2D eigenvalue weighted by Gasteiger charge is -2.16. The minimum atomic E-state index is -4.48. The van der Waals surface area contributed by atoms with Gasteiger partial charge in [-0.15, -0.1) is 0 Å². The highest BCUT2D eigenvalue weighted by Gasteiger charge is 2.37. The average molecular weight is 399 g/mol. The molecule has 0 amide bonds. The maximum atomic E-state index is 13.2. The minimum Gasteiger partial charge on any atom is -0.393 e. The summed E-state index contributed by atoms with van der Waals surface area (Å²) in [6.07, 6.45) is -4.48. The Bertz CT molecular complexity index is 1130. The van der Waals surface area contributed by atoms with Gasteiger partial charge >= 0.3 is 6.18 Å². The molecule has 1 unspecified atom stereocenters. The first-order valence-electron chi connectivity index (χ1n) is 8.64. The van der Waals surface area contributed by atoms with Crippen LogP contribution < -0.4 is 5.73 Å². The van der Waals surface area contributed by atoms with Crippen LogP contribution in [0.1, 0.15) is 27.5 Å². The predicted molar refractivity (Wildman–Crippen MR) is 107 cm³/mol. The van der Waals surface area contributed by atoms with Crippen molar-refractivity contribution in [1.29, 1.82) is 0 Å². The van der Waals surface area contributed by atoms with Crippen LogP contribution in [0.4, 0.5) is 13.2 Å². The first kappa shape index (κ1) is 18.6. The van der Waals surface area contributed by atoms with E-state index in [1.807, 2.05) is 43.3 Å². The molecule has 0 saturated heterocycles. The second kappa shape index (κ2) is 6.71. The molecule has 0 bridgehead atoms. The van der Waals surface area contributed by atoms with Crippen LogP contribution in [0, 0.1) is 6.92 Å². The van der Waals surface area contributed by atoms with E-state index < -0.39 is 17.0 Å². The largest absolute Gasteiger partial charge is 0.416 e. The van der Waals surface area contributed by atoms with Crippen LogP contribution in [0.25, 0.3) is 16.3 Å². The van der Waals surface area contributed by atoms with Crippen LogP contribution in [-0.4, -0.2) is 5.78 Å². The quantitative estimate of drug-likeness (QED) is 0.588. The number of thioether (sulfide) groups is 1. The third-order valence-corrected chi connectivity index (χ3v) is 6.05. The number of carbonyl (C=O) groups is 1. The fraction of sp³-hybridized carbons (Fsp3) is 0.136. The zero-order chi connectivity index (χ0) is 20.1. The Hall–Kier alpha value is -2.73. The van der Waals surface area contributed by atoms with Gasteiger partial charge in [0.15, 0.2) is 5.78 Å². The predicted octanol–water partition coefficient (Wildman–Crippen LogP) is 5.85. The number of nitrogens with two attached hydrogens (primary N) is 1. The van der Waals surface area contributed by atoms with Crippen molar-refractivity contribution in [1.82, 2.24) is 0 Å². The maximum Gasteiger partial charge on any atom is 0.416 e. The van der Waals surface area contributed by atoms with Gasteiger partial charge in [-0.05, 0) is 46.5 Å². The van der Waals surface area contributed by atoms with Crippen LogP contribution in [0.5, 0.6) is 0 Å². The summed E-state index contributed by atoms with van der Waals surface area (Å²) in [5, 5.41) is 1.63. The van der Waals surface area contributed by atoms with Crippen LogP contribution in [0.15, 0.2) is 65.7 Å². The topological polar surface area (TPSA) is 43.1 Å². The summed E-state index contributed by atoms with van der Waals surface area (Å²) >= 11 is 1.20. The van der Waals surface area contributed by atoms with E-state index in [1.54, 1.807) is 0 Å². The van der Waals surface area contributed by atoms with Gasteiger partial charge in [-0.25, -0.2) is 0 Å². The van der Waals surface area contributed by atoms with E-state index in [4.69, 9.17) is 5.73 Å². The Kier molecular flexibility index (Phi) is 4.46. The van der Waals surface area contributed by atoms with Crippen molar-refractivity contribution < 1.29 is 18.0 Å². The normalized spacial score (nSPS) is 17.6. The molecule has 3 aromatic carbocycles. The third kappa shape index (κ3) is 3.07. The number of alkyl halides is 3. The summed E-state index contributed by atoms with van der Waals surface area (Å²) in [5.41, 5.74) is 7.49. The number of halogens is 3. The smallest absolute Gasteiger partial charge is 0.393 e. The minimum absolute atomic E-state index is 0.161. The van der Waals surface area contributed by atoms with Crippen molar-refractivity contribution >= 4 is 33.9 Å². The molecule has 1 heterocycles. The van der Waals surface area contributed by atoms with E-state index in [2.05, 4.69) is 0 Å². The summed E-state index contributed by atoms with van der Waals surface area (Å²) < 4.78 is 39.2. The summed E-state index contributed by atoms with van der Waals surface area (Å²) in [5.74, 6) is -0.263. The van der Waals surface area contributed by atoms with Gasteiger partial charge in [-0.3, -0.25) is 4.79 Å². The Morgan fingerprint density at radius 3 is 2.50 bits per heavy atom. The monoisotopic (exact) mass is 399 g/mol. The Balaban J connectivity index is 1.80. The van der Waals surface area contributed by atoms with Crippen molar-refractivity contribution in [2.24, 2.45) is 5.73 Å². The van der Waals surface area contributed by atoms with Gasteiger partial charge in [-0.2, -0.15) is 13.2 Å². The van der Waals surface area contributed by atoms with Gasteiger partial charge in [0.05, 0.1) is 16.2 Å². The summed E-state index contributed by atoms with van der Waals surface area (Å²) in [4.78, 5) is 13.2.